The van der Waals surface area contributed by atoms with Crippen LogP contribution >= 0.6 is 0 Å². The van der Waals surface area contributed by atoms with E-state index < -0.39 is 11.0 Å². The number of nitrogens with one attached hydrogen (secondary N) is 1. The van der Waals surface area contributed by atoms with Crippen molar-refractivity contribution in [2.24, 2.45) is 0 Å². The van der Waals surface area contributed by atoms with Crippen molar-refractivity contribution in [3.63, 3.8) is 0 Å². The number of aliphatic hydroxyl groups is 1. The third-order valence-corrected chi connectivity index (χ3v) is 2.74. The summed E-state index contributed by atoms with van der Waals surface area (Å²) >= 11 is 0. The van der Waals surface area contributed by atoms with Crippen LogP contribution in [0.4, 0.5) is 5.69 Å². The number of non-ortho nitro benzene ring substituents is 1. The number of likely N-dealkylation sites (N-methyl/N-ethyl adjacent to an activating group) is 1. The molecular formula is C16H20N2O3. The van der Waals surface area contributed by atoms with E-state index in [9.17, 15) is 15.2 Å². The topological polar surface area (TPSA) is 75.4 Å². The summed E-state index contributed by atoms with van der Waals surface area (Å²) in [6.45, 7) is 3.18. The Morgan fingerprint density at radius 2 is 1.57 bits per heavy atom. The number of nitrogens with zero attached hydrogens (tertiary/aromatic N) is 1. The Morgan fingerprint density at radius 1 is 1.10 bits per heavy atom. The zero-order chi connectivity index (χ0) is 15.5. The predicted octanol–water partition coefficient (Wildman–Crippen LogP) is 2.92. The number of nitro groups is 1. The quantitative estimate of drug-likeness (QED) is 0.655. The molecule has 0 unspecified atom stereocenters. The van der Waals surface area contributed by atoms with Crippen molar-refractivity contribution in [2.45, 2.75) is 13.0 Å². The molecule has 0 aliphatic carbocycles. The summed E-state index contributed by atoms with van der Waals surface area (Å²) in [5.74, 6) is 0. The third kappa shape index (κ3) is 6.65. The number of rotatable bonds is 5. The van der Waals surface area contributed by atoms with Gasteiger partial charge in [-0.05, 0) is 24.2 Å². The molecule has 0 aliphatic rings. The lowest BCUT2D eigenvalue weighted by Crippen LogP contribution is -2.20. The molecule has 112 valence electrons. The Balaban J connectivity index is 0.000000304. The molecule has 5 heteroatoms. The second kappa shape index (κ2) is 9.63. The van der Waals surface area contributed by atoms with Crippen molar-refractivity contribution in [2.75, 3.05) is 13.1 Å². The largest absolute Gasteiger partial charge is 0.387 e. The van der Waals surface area contributed by atoms with E-state index in [1.54, 1.807) is 12.1 Å². The van der Waals surface area contributed by atoms with Crippen LogP contribution in [0.25, 0.3) is 0 Å². The maximum atomic E-state index is 10.4. The van der Waals surface area contributed by atoms with E-state index in [2.05, 4.69) is 5.32 Å². The van der Waals surface area contributed by atoms with Gasteiger partial charge in [0.1, 0.15) is 0 Å². The van der Waals surface area contributed by atoms with Crippen molar-refractivity contribution in [1.29, 1.82) is 0 Å². The second-order valence-corrected chi connectivity index (χ2v) is 4.33. The summed E-state index contributed by atoms with van der Waals surface area (Å²) in [6.07, 6.45) is -0.620. The van der Waals surface area contributed by atoms with Gasteiger partial charge in [-0.25, -0.2) is 0 Å². The van der Waals surface area contributed by atoms with Gasteiger partial charge in [0.05, 0.1) is 11.0 Å². The Kier molecular flexibility index (Phi) is 7.71. The predicted molar refractivity (Wildman–Crippen MR) is 83.0 cm³/mol. The lowest BCUT2D eigenvalue weighted by Gasteiger charge is -2.10. The summed E-state index contributed by atoms with van der Waals surface area (Å²) in [6, 6.07) is 17.9. The molecule has 0 heterocycles. The molecule has 1 atom stereocenters. The third-order valence-electron chi connectivity index (χ3n) is 2.74. The first-order chi connectivity index (χ1) is 10.1. The molecule has 0 fully saturated rings. The first-order valence-electron chi connectivity index (χ1n) is 6.78. The molecular weight excluding hydrogens is 268 g/mol. The van der Waals surface area contributed by atoms with Gasteiger partial charge in [0.15, 0.2) is 0 Å². The zero-order valence-electron chi connectivity index (χ0n) is 12.0. The first-order valence-corrected chi connectivity index (χ1v) is 6.78. The molecule has 0 aliphatic heterocycles. The number of aliphatic hydroxyl groups excluding tert-OH is 1. The van der Waals surface area contributed by atoms with Gasteiger partial charge in [-0.1, -0.05) is 43.3 Å². The molecule has 0 amide bonds. The average Bonchev–Trinajstić information content (AvgIpc) is 2.55. The summed E-state index contributed by atoms with van der Waals surface area (Å²) in [7, 11) is 0. The van der Waals surface area contributed by atoms with Crippen LogP contribution < -0.4 is 5.32 Å². The maximum Gasteiger partial charge on any atom is 0.269 e. The van der Waals surface area contributed by atoms with Crippen molar-refractivity contribution >= 4 is 5.69 Å². The summed E-state index contributed by atoms with van der Waals surface area (Å²) in [4.78, 5) is 9.93. The van der Waals surface area contributed by atoms with Crippen LogP contribution in [0.2, 0.25) is 0 Å². The van der Waals surface area contributed by atoms with E-state index in [4.69, 9.17) is 0 Å². The first kappa shape index (κ1) is 16.8. The van der Waals surface area contributed by atoms with Gasteiger partial charge in [-0.15, -0.1) is 0 Å². The molecule has 2 aromatic carbocycles. The average molecular weight is 288 g/mol. The second-order valence-electron chi connectivity index (χ2n) is 4.33. The summed E-state index contributed by atoms with van der Waals surface area (Å²) in [5, 5.41) is 23.0. The molecule has 2 aromatic rings. The minimum atomic E-state index is -0.620. The Bertz CT molecular complexity index is 488. The highest BCUT2D eigenvalue weighted by Crippen LogP contribution is 2.16. The van der Waals surface area contributed by atoms with Crippen molar-refractivity contribution < 1.29 is 10.0 Å². The van der Waals surface area contributed by atoms with Gasteiger partial charge in [0.2, 0.25) is 0 Å². The molecule has 0 saturated heterocycles. The smallest absolute Gasteiger partial charge is 0.269 e. The SMILES string of the molecule is CCNC[C@H](O)c1ccc([N+](=O)[O-])cc1.c1ccccc1. The van der Waals surface area contributed by atoms with Gasteiger partial charge in [0.25, 0.3) is 5.69 Å². The van der Waals surface area contributed by atoms with Crippen molar-refractivity contribution in [3.8, 4) is 0 Å². The maximum absolute atomic E-state index is 10.4. The molecule has 2 N–H and O–H groups in total. The number of nitro benzene ring substituents is 1. The molecule has 21 heavy (non-hydrogen) atoms. The Morgan fingerprint density at radius 3 is 1.95 bits per heavy atom. The highest BCUT2D eigenvalue weighted by atomic mass is 16.6. The molecule has 0 radical (unpaired) electrons. The lowest BCUT2D eigenvalue weighted by atomic mass is 10.1. The standard InChI is InChI=1S/C10H14N2O3.C6H6/c1-2-11-7-10(13)8-3-5-9(6-4-8)12(14)15;1-2-4-6-5-3-1/h3-6,10-11,13H,2,7H2,1H3;1-6H/t10-;/m0./s1. The van der Waals surface area contributed by atoms with Crippen molar-refractivity contribution in [1.82, 2.24) is 5.32 Å². The molecule has 2 rings (SSSR count). The molecule has 0 bridgehead atoms. The van der Waals surface area contributed by atoms with E-state index in [0.29, 0.717) is 12.1 Å². The minimum absolute atomic E-state index is 0.0365. The van der Waals surface area contributed by atoms with Crippen LogP contribution in [0, 0.1) is 10.1 Å². The fourth-order valence-corrected chi connectivity index (χ4v) is 1.60. The number of hydrogen-bond donors (Lipinski definition) is 2. The number of benzene rings is 2. The minimum Gasteiger partial charge on any atom is -0.387 e. The van der Waals surface area contributed by atoms with Gasteiger partial charge >= 0.3 is 0 Å². The van der Waals surface area contributed by atoms with Gasteiger partial charge in [-0.3, -0.25) is 10.1 Å². The van der Waals surface area contributed by atoms with E-state index >= 15 is 0 Å². The van der Waals surface area contributed by atoms with E-state index in [1.807, 2.05) is 43.3 Å². The van der Waals surface area contributed by atoms with Gasteiger partial charge in [-0.2, -0.15) is 0 Å². The van der Waals surface area contributed by atoms with E-state index in [1.165, 1.54) is 12.1 Å². The summed E-state index contributed by atoms with van der Waals surface area (Å²) in [5.41, 5.74) is 0.718. The Hall–Kier alpha value is -2.24. The molecule has 0 saturated carbocycles. The fraction of sp³-hybridized carbons (Fsp3) is 0.250. The zero-order valence-corrected chi connectivity index (χ0v) is 12.0. The van der Waals surface area contributed by atoms with Crippen LogP contribution in [0.5, 0.6) is 0 Å². The monoisotopic (exact) mass is 288 g/mol. The molecule has 5 nitrogen and oxygen atoms in total. The van der Waals surface area contributed by atoms with Crippen LogP contribution in [-0.2, 0) is 0 Å². The summed E-state index contributed by atoms with van der Waals surface area (Å²) < 4.78 is 0. The van der Waals surface area contributed by atoms with E-state index in [-0.39, 0.29) is 5.69 Å². The van der Waals surface area contributed by atoms with E-state index in [0.717, 1.165) is 6.54 Å². The van der Waals surface area contributed by atoms with Gasteiger partial charge < -0.3 is 10.4 Å². The van der Waals surface area contributed by atoms with Crippen LogP contribution in [-0.4, -0.2) is 23.1 Å². The molecule has 0 spiro atoms. The van der Waals surface area contributed by atoms with Crippen LogP contribution in [0.1, 0.15) is 18.6 Å². The normalized spacial score (nSPS) is 11.1. The lowest BCUT2D eigenvalue weighted by molar-refractivity contribution is -0.384. The Labute approximate surface area is 124 Å². The van der Waals surface area contributed by atoms with Crippen LogP contribution in [0.3, 0.4) is 0 Å². The highest BCUT2D eigenvalue weighted by Gasteiger charge is 2.09. The highest BCUT2D eigenvalue weighted by molar-refractivity contribution is 5.33. The van der Waals surface area contributed by atoms with Crippen molar-refractivity contribution in [3.05, 3.63) is 76.3 Å². The van der Waals surface area contributed by atoms with Gasteiger partial charge in [0, 0.05) is 18.7 Å². The number of hydrogen-bond acceptors (Lipinski definition) is 4. The van der Waals surface area contributed by atoms with Crippen LogP contribution in [0.15, 0.2) is 60.7 Å². The molecule has 0 aromatic heterocycles. The fourth-order valence-electron chi connectivity index (χ4n) is 1.60.